The zero-order valence-corrected chi connectivity index (χ0v) is 19.2. The van der Waals surface area contributed by atoms with Crippen LogP contribution in [0.4, 0.5) is 0 Å². The topological polar surface area (TPSA) is 58.6 Å². The Balaban J connectivity index is 2.20. The smallest absolute Gasteiger partial charge is 0.261 e. The van der Waals surface area contributed by atoms with Gasteiger partial charge in [0, 0.05) is 12.1 Å². The van der Waals surface area contributed by atoms with Crippen molar-refractivity contribution in [3.8, 4) is 5.75 Å². The van der Waals surface area contributed by atoms with E-state index in [1.807, 2.05) is 84.0 Å². The molecule has 30 heavy (non-hydrogen) atoms. The molecular formula is C25H34N2O3. The van der Waals surface area contributed by atoms with Crippen molar-refractivity contribution >= 4 is 11.8 Å². The lowest BCUT2D eigenvalue weighted by molar-refractivity contribution is -0.142. The molecule has 0 radical (unpaired) electrons. The normalized spacial score (nSPS) is 12.2. The molecule has 2 amide bonds. The first-order valence-electron chi connectivity index (χ1n) is 10.3. The van der Waals surface area contributed by atoms with E-state index in [1.165, 1.54) is 0 Å². The summed E-state index contributed by atoms with van der Waals surface area (Å²) in [5.74, 6) is 0.271. The second-order valence-electron chi connectivity index (χ2n) is 8.98. The predicted molar refractivity (Wildman–Crippen MR) is 120 cm³/mol. The summed E-state index contributed by atoms with van der Waals surface area (Å²) in [7, 11) is 0. The number of amides is 2. The van der Waals surface area contributed by atoms with Crippen LogP contribution in [0, 0.1) is 20.8 Å². The summed E-state index contributed by atoms with van der Waals surface area (Å²) in [5, 5.41) is 2.97. The zero-order valence-electron chi connectivity index (χ0n) is 19.2. The lowest BCUT2D eigenvalue weighted by Gasteiger charge is -2.31. The van der Waals surface area contributed by atoms with Crippen LogP contribution in [0.3, 0.4) is 0 Å². The van der Waals surface area contributed by atoms with Gasteiger partial charge >= 0.3 is 0 Å². The fourth-order valence-electron chi connectivity index (χ4n) is 3.03. The minimum absolute atomic E-state index is 0.122. The molecule has 0 aliphatic rings. The van der Waals surface area contributed by atoms with Crippen molar-refractivity contribution < 1.29 is 14.3 Å². The number of carbonyl (C=O) groups is 2. The van der Waals surface area contributed by atoms with E-state index >= 15 is 0 Å². The van der Waals surface area contributed by atoms with E-state index in [9.17, 15) is 9.59 Å². The van der Waals surface area contributed by atoms with Gasteiger partial charge in [-0.3, -0.25) is 9.59 Å². The SMILES string of the molecule is Cc1ccc(CN(C(=O)COc2cc(C)ccc2C)C(C)C(=O)NC(C)(C)C)cc1. The molecule has 1 N–H and O–H groups in total. The molecule has 0 heterocycles. The molecule has 2 aromatic rings. The first kappa shape index (κ1) is 23.5. The van der Waals surface area contributed by atoms with Gasteiger partial charge in [-0.15, -0.1) is 0 Å². The number of carbonyl (C=O) groups excluding carboxylic acids is 2. The molecule has 5 heteroatoms. The number of rotatable bonds is 7. The van der Waals surface area contributed by atoms with Gasteiger partial charge in [0.25, 0.3) is 5.91 Å². The highest BCUT2D eigenvalue weighted by Crippen LogP contribution is 2.20. The Morgan fingerprint density at radius 1 is 1.00 bits per heavy atom. The van der Waals surface area contributed by atoms with Gasteiger partial charge in [-0.25, -0.2) is 0 Å². The summed E-state index contributed by atoms with van der Waals surface area (Å²) in [4.78, 5) is 27.5. The maximum atomic E-state index is 13.1. The minimum atomic E-state index is -0.625. The van der Waals surface area contributed by atoms with Crippen molar-refractivity contribution in [3.05, 3.63) is 64.7 Å². The summed E-state index contributed by atoms with van der Waals surface area (Å²) in [6, 6.07) is 13.2. The quantitative estimate of drug-likeness (QED) is 0.739. The van der Waals surface area contributed by atoms with Crippen LogP contribution >= 0.6 is 0 Å². The molecule has 0 saturated heterocycles. The molecule has 0 aromatic heterocycles. The van der Waals surface area contributed by atoms with Crippen molar-refractivity contribution in [1.82, 2.24) is 10.2 Å². The van der Waals surface area contributed by atoms with Crippen molar-refractivity contribution in [2.45, 2.75) is 66.6 Å². The van der Waals surface area contributed by atoms with E-state index in [-0.39, 0.29) is 24.0 Å². The number of benzene rings is 2. The number of hydrogen-bond acceptors (Lipinski definition) is 3. The molecular weight excluding hydrogens is 376 g/mol. The molecule has 2 rings (SSSR count). The second kappa shape index (κ2) is 9.79. The Morgan fingerprint density at radius 3 is 2.20 bits per heavy atom. The zero-order chi connectivity index (χ0) is 22.5. The number of hydrogen-bond donors (Lipinski definition) is 1. The maximum absolute atomic E-state index is 13.1. The van der Waals surface area contributed by atoms with Gasteiger partial charge in [0.15, 0.2) is 6.61 Å². The molecule has 162 valence electrons. The van der Waals surface area contributed by atoms with Crippen LogP contribution in [0.2, 0.25) is 0 Å². The summed E-state index contributed by atoms with van der Waals surface area (Å²) >= 11 is 0. The van der Waals surface area contributed by atoms with Crippen LogP contribution in [0.1, 0.15) is 49.9 Å². The monoisotopic (exact) mass is 410 g/mol. The molecule has 1 unspecified atom stereocenters. The average Bonchev–Trinajstić information content (AvgIpc) is 2.66. The first-order valence-corrected chi connectivity index (χ1v) is 10.3. The van der Waals surface area contributed by atoms with E-state index < -0.39 is 6.04 Å². The van der Waals surface area contributed by atoms with Crippen molar-refractivity contribution in [2.24, 2.45) is 0 Å². The Kier molecular flexibility index (Phi) is 7.65. The van der Waals surface area contributed by atoms with E-state index in [0.717, 1.165) is 22.3 Å². The van der Waals surface area contributed by atoms with Crippen LogP contribution in [-0.4, -0.2) is 34.9 Å². The fourth-order valence-corrected chi connectivity index (χ4v) is 3.03. The molecule has 5 nitrogen and oxygen atoms in total. The van der Waals surface area contributed by atoms with Crippen LogP contribution in [0.15, 0.2) is 42.5 Å². The lowest BCUT2D eigenvalue weighted by atomic mass is 10.1. The summed E-state index contributed by atoms with van der Waals surface area (Å²) < 4.78 is 5.83. The summed E-state index contributed by atoms with van der Waals surface area (Å²) in [6.07, 6.45) is 0. The molecule has 0 spiro atoms. The predicted octanol–water partition coefficient (Wildman–Crippen LogP) is 4.32. The second-order valence-corrected chi connectivity index (χ2v) is 8.98. The fraction of sp³-hybridized carbons (Fsp3) is 0.440. The van der Waals surface area contributed by atoms with Crippen molar-refractivity contribution in [1.29, 1.82) is 0 Å². The molecule has 0 saturated carbocycles. The molecule has 0 aliphatic carbocycles. The lowest BCUT2D eigenvalue weighted by Crippen LogP contribution is -2.53. The summed E-state index contributed by atoms with van der Waals surface area (Å²) in [5.41, 5.74) is 3.78. The number of aryl methyl sites for hydroxylation is 3. The highest BCUT2D eigenvalue weighted by atomic mass is 16.5. The molecule has 0 bridgehead atoms. The molecule has 0 fully saturated rings. The molecule has 1 atom stereocenters. The van der Waals surface area contributed by atoms with Gasteiger partial charge in [0.05, 0.1) is 0 Å². The van der Waals surface area contributed by atoms with Crippen LogP contribution in [-0.2, 0) is 16.1 Å². The van der Waals surface area contributed by atoms with Gasteiger partial charge in [-0.2, -0.15) is 0 Å². The van der Waals surface area contributed by atoms with Gasteiger partial charge in [0.1, 0.15) is 11.8 Å². The van der Waals surface area contributed by atoms with Crippen LogP contribution < -0.4 is 10.1 Å². The maximum Gasteiger partial charge on any atom is 0.261 e. The third-order valence-electron chi connectivity index (χ3n) is 4.83. The molecule has 0 aliphatic heterocycles. The van der Waals surface area contributed by atoms with E-state index in [1.54, 1.807) is 11.8 Å². The first-order chi connectivity index (χ1) is 14.0. The average molecular weight is 411 g/mol. The molecule has 2 aromatic carbocycles. The number of ether oxygens (including phenoxy) is 1. The van der Waals surface area contributed by atoms with Gasteiger partial charge in [-0.1, -0.05) is 42.0 Å². The Hall–Kier alpha value is -2.82. The third-order valence-corrected chi connectivity index (χ3v) is 4.83. The Labute approximate surface area is 180 Å². The van der Waals surface area contributed by atoms with Crippen LogP contribution in [0.25, 0.3) is 0 Å². The van der Waals surface area contributed by atoms with E-state index in [4.69, 9.17) is 4.74 Å². The van der Waals surface area contributed by atoms with Gasteiger partial charge in [-0.05, 0) is 71.2 Å². The largest absolute Gasteiger partial charge is 0.483 e. The highest BCUT2D eigenvalue weighted by molar-refractivity contribution is 5.88. The van der Waals surface area contributed by atoms with Gasteiger partial charge in [0.2, 0.25) is 5.91 Å². The van der Waals surface area contributed by atoms with Gasteiger partial charge < -0.3 is 15.0 Å². The van der Waals surface area contributed by atoms with E-state index in [0.29, 0.717) is 12.3 Å². The van der Waals surface area contributed by atoms with Crippen molar-refractivity contribution in [3.63, 3.8) is 0 Å². The summed E-state index contributed by atoms with van der Waals surface area (Å²) in [6.45, 7) is 13.7. The third kappa shape index (κ3) is 6.90. The Morgan fingerprint density at radius 2 is 1.60 bits per heavy atom. The Bertz CT molecular complexity index is 882. The minimum Gasteiger partial charge on any atom is -0.483 e. The van der Waals surface area contributed by atoms with Crippen molar-refractivity contribution in [2.75, 3.05) is 6.61 Å². The van der Waals surface area contributed by atoms with Crippen LogP contribution in [0.5, 0.6) is 5.75 Å². The number of nitrogens with one attached hydrogen (secondary N) is 1. The highest BCUT2D eigenvalue weighted by Gasteiger charge is 2.28. The standard InChI is InChI=1S/C25H34N2O3/c1-17-9-12-21(13-10-17)15-27(20(4)24(29)26-25(5,6)7)23(28)16-30-22-14-18(2)8-11-19(22)3/h8-14,20H,15-16H2,1-7H3,(H,26,29). The number of nitrogens with zero attached hydrogens (tertiary/aromatic N) is 1. The van der Waals surface area contributed by atoms with E-state index in [2.05, 4.69) is 5.32 Å².